The van der Waals surface area contributed by atoms with Crippen LogP contribution in [0, 0.1) is 0 Å². The molecule has 2 nitrogen and oxygen atoms in total. The summed E-state index contributed by atoms with van der Waals surface area (Å²) in [4.78, 5) is 2.66. The third-order valence-electron chi connectivity index (χ3n) is 4.00. The van der Waals surface area contributed by atoms with Crippen LogP contribution in [-0.4, -0.2) is 37.1 Å². The van der Waals surface area contributed by atoms with Crippen molar-refractivity contribution >= 4 is 0 Å². The Kier molecular flexibility index (Phi) is 9.23. The van der Waals surface area contributed by atoms with Crippen LogP contribution in [0.5, 0.6) is 0 Å². The number of allylic oxidation sites excluding steroid dienone is 1. The van der Waals surface area contributed by atoms with Gasteiger partial charge in [0.05, 0.1) is 0 Å². The number of likely N-dealkylation sites (tertiary alicyclic amines) is 1. The van der Waals surface area contributed by atoms with Gasteiger partial charge in [0.1, 0.15) is 0 Å². The van der Waals surface area contributed by atoms with E-state index in [4.69, 9.17) is 0 Å². The number of unbranched alkanes of at least 4 members (excludes halogenated alkanes) is 3. The van der Waals surface area contributed by atoms with Gasteiger partial charge in [-0.15, -0.1) is 6.58 Å². The summed E-state index contributed by atoms with van der Waals surface area (Å²) < 4.78 is 0. The van der Waals surface area contributed by atoms with Crippen molar-refractivity contribution in [3.63, 3.8) is 0 Å². The number of nitrogens with zero attached hydrogens (tertiary/aromatic N) is 1. The number of rotatable bonds is 10. The van der Waals surface area contributed by atoms with Gasteiger partial charge in [0.15, 0.2) is 0 Å². The van der Waals surface area contributed by atoms with Crippen molar-refractivity contribution in [2.24, 2.45) is 0 Å². The van der Waals surface area contributed by atoms with Gasteiger partial charge in [-0.2, -0.15) is 0 Å². The third kappa shape index (κ3) is 7.17. The molecule has 1 rings (SSSR count). The van der Waals surface area contributed by atoms with E-state index < -0.39 is 0 Å². The highest BCUT2D eigenvalue weighted by atomic mass is 15.2. The van der Waals surface area contributed by atoms with Crippen LogP contribution in [0.1, 0.15) is 58.3 Å². The molecule has 0 saturated carbocycles. The fourth-order valence-electron chi connectivity index (χ4n) is 2.74. The van der Waals surface area contributed by atoms with Gasteiger partial charge in [0.25, 0.3) is 0 Å². The van der Waals surface area contributed by atoms with Crippen LogP contribution in [-0.2, 0) is 0 Å². The van der Waals surface area contributed by atoms with E-state index in [2.05, 4.69) is 23.7 Å². The largest absolute Gasteiger partial charge is 0.317 e. The molecular weight excluding hydrogens is 220 g/mol. The Labute approximate surface area is 114 Å². The number of nitrogens with one attached hydrogen (secondary N) is 1. The van der Waals surface area contributed by atoms with E-state index in [0.29, 0.717) is 0 Å². The lowest BCUT2D eigenvalue weighted by Crippen LogP contribution is -2.38. The van der Waals surface area contributed by atoms with Crippen molar-refractivity contribution in [3.05, 3.63) is 12.7 Å². The highest BCUT2D eigenvalue weighted by Gasteiger charge is 2.16. The van der Waals surface area contributed by atoms with Crippen LogP contribution in [0.15, 0.2) is 12.7 Å². The van der Waals surface area contributed by atoms with Crippen molar-refractivity contribution in [1.29, 1.82) is 0 Å². The number of hydrogen-bond acceptors (Lipinski definition) is 2. The lowest BCUT2D eigenvalue weighted by atomic mass is 10.0. The fraction of sp³-hybridized carbons (Fsp3) is 0.875. The van der Waals surface area contributed by atoms with Gasteiger partial charge in [-0.05, 0) is 71.6 Å². The monoisotopic (exact) mass is 252 g/mol. The van der Waals surface area contributed by atoms with Crippen molar-refractivity contribution in [3.8, 4) is 0 Å². The SMILES string of the molecule is C=CCCCCCNCCCN1CCCCC1C. The summed E-state index contributed by atoms with van der Waals surface area (Å²) in [5.41, 5.74) is 0. The topological polar surface area (TPSA) is 15.3 Å². The Hall–Kier alpha value is -0.340. The van der Waals surface area contributed by atoms with E-state index in [1.54, 1.807) is 0 Å². The molecule has 1 atom stereocenters. The van der Waals surface area contributed by atoms with Crippen LogP contribution in [0.3, 0.4) is 0 Å². The average Bonchev–Trinajstić information content (AvgIpc) is 2.39. The molecule has 1 aliphatic rings. The molecular formula is C16H32N2. The zero-order chi connectivity index (χ0) is 13.1. The quantitative estimate of drug-likeness (QED) is 0.472. The summed E-state index contributed by atoms with van der Waals surface area (Å²) in [6.45, 7) is 11.1. The van der Waals surface area contributed by atoms with Gasteiger partial charge in [0, 0.05) is 6.04 Å². The van der Waals surface area contributed by atoms with Crippen LogP contribution >= 0.6 is 0 Å². The standard InChI is InChI=1S/C16H32N2/c1-3-4-5-6-8-12-17-13-10-15-18-14-9-7-11-16(18)2/h3,16-17H,1,4-15H2,2H3. The summed E-state index contributed by atoms with van der Waals surface area (Å²) in [6, 6.07) is 0.817. The lowest BCUT2D eigenvalue weighted by Gasteiger charge is -2.33. The first kappa shape index (κ1) is 15.7. The smallest absolute Gasteiger partial charge is 0.00669 e. The van der Waals surface area contributed by atoms with E-state index >= 15 is 0 Å². The van der Waals surface area contributed by atoms with Gasteiger partial charge in [-0.1, -0.05) is 18.9 Å². The van der Waals surface area contributed by atoms with E-state index in [-0.39, 0.29) is 0 Å². The fourth-order valence-corrected chi connectivity index (χ4v) is 2.74. The Morgan fingerprint density at radius 1 is 1.17 bits per heavy atom. The van der Waals surface area contributed by atoms with Crippen molar-refractivity contribution in [2.75, 3.05) is 26.2 Å². The highest BCUT2D eigenvalue weighted by Crippen LogP contribution is 2.15. The van der Waals surface area contributed by atoms with Crippen molar-refractivity contribution in [2.45, 2.75) is 64.3 Å². The predicted molar refractivity (Wildman–Crippen MR) is 81.0 cm³/mol. The summed E-state index contributed by atoms with van der Waals surface area (Å²) in [7, 11) is 0. The number of hydrogen-bond donors (Lipinski definition) is 1. The minimum atomic E-state index is 0.817. The molecule has 1 aliphatic heterocycles. The second-order valence-electron chi connectivity index (χ2n) is 5.62. The molecule has 0 aliphatic carbocycles. The van der Waals surface area contributed by atoms with E-state index in [9.17, 15) is 0 Å². The first-order chi connectivity index (χ1) is 8.84. The maximum atomic E-state index is 3.75. The first-order valence-corrected chi connectivity index (χ1v) is 7.90. The van der Waals surface area contributed by atoms with E-state index in [0.717, 1.165) is 6.04 Å². The molecule has 0 aromatic heterocycles. The maximum absolute atomic E-state index is 3.75. The molecule has 1 unspecified atom stereocenters. The molecule has 0 aromatic rings. The molecule has 0 radical (unpaired) electrons. The third-order valence-corrected chi connectivity index (χ3v) is 4.00. The average molecular weight is 252 g/mol. The van der Waals surface area contributed by atoms with Gasteiger partial charge in [-0.3, -0.25) is 0 Å². The molecule has 0 amide bonds. The van der Waals surface area contributed by atoms with E-state index in [1.807, 2.05) is 6.08 Å². The van der Waals surface area contributed by atoms with Crippen LogP contribution < -0.4 is 5.32 Å². The molecule has 1 heterocycles. The minimum absolute atomic E-state index is 0.817. The molecule has 0 bridgehead atoms. The molecule has 0 spiro atoms. The van der Waals surface area contributed by atoms with Gasteiger partial charge in [0.2, 0.25) is 0 Å². The Morgan fingerprint density at radius 2 is 2.00 bits per heavy atom. The molecule has 1 fully saturated rings. The van der Waals surface area contributed by atoms with Gasteiger partial charge >= 0.3 is 0 Å². The minimum Gasteiger partial charge on any atom is -0.317 e. The van der Waals surface area contributed by atoms with Crippen LogP contribution in [0.2, 0.25) is 0 Å². The number of piperidine rings is 1. The molecule has 1 saturated heterocycles. The Balaban J connectivity index is 1.84. The normalized spacial score (nSPS) is 21.1. The second-order valence-corrected chi connectivity index (χ2v) is 5.62. The second kappa shape index (κ2) is 10.6. The highest BCUT2D eigenvalue weighted by molar-refractivity contribution is 4.73. The van der Waals surface area contributed by atoms with Crippen molar-refractivity contribution in [1.82, 2.24) is 10.2 Å². The van der Waals surface area contributed by atoms with Gasteiger partial charge < -0.3 is 10.2 Å². The Morgan fingerprint density at radius 3 is 2.78 bits per heavy atom. The summed E-state index contributed by atoms with van der Waals surface area (Å²) in [6.07, 6.45) is 12.7. The van der Waals surface area contributed by atoms with Crippen LogP contribution in [0.4, 0.5) is 0 Å². The summed E-state index contributed by atoms with van der Waals surface area (Å²) >= 11 is 0. The molecule has 2 heteroatoms. The van der Waals surface area contributed by atoms with Crippen LogP contribution in [0.25, 0.3) is 0 Å². The maximum Gasteiger partial charge on any atom is 0.00669 e. The lowest BCUT2D eigenvalue weighted by molar-refractivity contribution is 0.159. The summed E-state index contributed by atoms with van der Waals surface area (Å²) in [5, 5.41) is 3.56. The van der Waals surface area contributed by atoms with Crippen molar-refractivity contribution < 1.29 is 0 Å². The molecule has 1 N–H and O–H groups in total. The van der Waals surface area contributed by atoms with E-state index in [1.165, 1.54) is 77.5 Å². The molecule has 0 aromatic carbocycles. The zero-order valence-electron chi connectivity index (χ0n) is 12.3. The predicted octanol–water partition coefficient (Wildman–Crippen LogP) is 3.59. The van der Waals surface area contributed by atoms with Gasteiger partial charge in [-0.25, -0.2) is 0 Å². The summed E-state index contributed by atoms with van der Waals surface area (Å²) in [5.74, 6) is 0. The first-order valence-electron chi connectivity index (χ1n) is 7.90. The molecule has 106 valence electrons. The molecule has 18 heavy (non-hydrogen) atoms. The Bertz CT molecular complexity index is 203. The zero-order valence-corrected chi connectivity index (χ0v) is 12.3.